The number of amides is 1. The fourth-order valence-corrected chi connectivity index (χ4v) is 2.29. The number of benzene rings is 1. The van der Waals surface area contributed by atoms with Crippen LogP contribution in [0.1, 0.15) is 29.3 Å². The average molecular weight is 329 g/mol. The highest BCUT2D eigenvalue weighted by molar-refractivity contribution is 9.09. The van der Waals surface area contributed by atoms with Crippen LogP contribution in [-0.4, -0.2) is 34.2 Å². The Morgan fingerprint density at radius 3 is 2.58 bits per heavy atom. The predicted octanol–water partition coefficient (Wildman–Crippen LogP) is 3.15. The normalized spacial score (nSPS) is 10.3. The molecule has 0 fully saturated rings. The summed E-state index contributed by atoms with van der Waals surface area (Å²) in [4.78, 5) is 24.3. The molecule has 0 atom stereocenters. The van der Waals surface area contributed by atoms with Gasteiger partial charge in [-0.3, -0.25) is 14.9 Å². The molecule has 0 aliphatic heterocycles. The van der Waals surface area contributed by atoms with Crippen molar-refractivity contribution in [2.75, 3.05) is 18.4 Å². The van der Waals surface area contributed by atoms with Gasteiger partial charge in [0.15, 0.2) is 0 Å². The van der Waals surface area contributed by atoms with Crippen molar-refractivity contribution < 1.29 is 9.72 Å². The van der Waals surface area contributed by atoms with E-state index in [0.717, 1.165) is 6.42 Å². The van der Waals surface area contributed by atoms with Gasteiger partial charge in [-0.25, -0.2) is 0 Å². The highest BCUT2D eigenvalue weighted by Crippen LogP contribution is 2.19. The van der Waals surface area contributed by atoms with Gasteiger partial charge >= 0.3 is 0 Å². The van der Waals surface area contributed by atoms with E-state index in [4.69, 9.17) is 0 Å². The van der Waals surface area contributed by atoms with E-state index in [0.29, 0.717) is 29.5 Å². The number of nitro groups is 1. The van der Waals surface area contributed by atoms with Crippen LogP contribution in [0.25, 0.3) is 0 Å². The van der Waals surface area contributed by atoms with Gasteiger partial charge in [0.25, 0.3) is 11.6 Å². The van der Waals surface area contributed by atoms with Crippen molar-refractivity contribution in [1.82, 2.24) is 4.90 Å². The van der Waals surface area contributed by atoms with Gasteiger partial charge in [-0.2, -0.15) is 0 Å². The molecular formula is C13H17BrN2O3. The molecule has 0 N–H and O–H groups in total. The van der Waals surface area contributed by atoms with E-state index in [1.165, 1.54) is 12.1 Å². The lowest BCUT2D eigenvalue weighted by Gasteiger charge is -2.21. The van der Waals surface area contributed by atoms with E-state index in [2.05, 4.69) is 15.9 Å². The van der Waals surface area contributed by atoms with Crippen molar-refractivity contribution in [2.24, 2.45) is 0 Å². The van der Waals surface area contributed by atoms with Crippen LogP contribution in [0, 0.1) is 17.0 Å². The minimum Gasteiger partial charge on any atom is -0.338 e. The standard InChI is InChI=1S/C13H17BrN2O3/c1-3-7-15(8-6-14)13(17)11-4-5-12(16(18)19)10(2)9-11/h4-5,9H,3,6-8H2,1-2H3. The molecule has 0 aliphatic rings. The third-order valence-corrected chi connectivity index (χ3v) is 3.13. The highest BCUT2D eigenvalue weighted by atomic mass is 79.9. The second-order valence-corrected chi connectivity index (χ2v) is 5.03. The largest absolute Gasteiger partial charge is 0.338 e. The molecule has 104 valence electrons. The highest BCUT2D eigenvalue weighted by Gasteiger charge is 2.17. The molecule has 0 aromatic heterocycles. The Labute approximate surface area is 120 Å². The lowest BCUT2D eigenvalue weighted by Crippen LogP contribution is -2.33. The summed E-state index contributed by atoms with van der Waals surface area (Å²) in [6.07, 6.45) is 0.880. The smallest absolute Gasteiger partial charge is 0.272 e. The number of halogens is 1. The van der Waals surface area contributed by atoms with E-state index in [9.17, 15) is 14.9 Å². The molecule has 0 radical (unpaired) electrons. The van der Waals surface area contributed by atoms with Gasteiger partial charge in [0.05, 0.1) is 4.92 Å². The quantitative estimate of drug-likeness (QED) is 0.457. The van der Waals surface area contributed by atoms with E-state index >= 15 is 0 Å². The summed E-state index contributed by atoms with van der Waals surface area (Å²) in [5, 5.41) is 11.5. The third-order valence-electron chi connectivity index (χ3n) is 2.78. The van der Waals surface area contributed by atoms with Crippen LogP contribution in [0.15, 0.2) is 18.2 Å². The minimum atomic E-state index is -0.439. The molecule has 0 aliphatic carbocycles. The Morgan fingerprint density at radius 1 is 1.42 bits per heavy atom. The van der Waals surface area contributed by atoms with Crippen LogP contribution in [0.3, 0.4) is 0 Å². The summed E-state index contributed by atoms with van der Waals surface area (Å²) < 4.78 is 0. The number of hydrogen-bond acceptors (Lipinski definition) is 3. The van der Waals surface area contributed by atoms with E-state index in [1.54, 1.807) is 17.9 Å². The Kier molecular flexibility index (Phi) is 5.95. The summed E-state index contributed by atoms with van der Waals surface area (Å²) in [7, 11) is 0. The molecule has 5 nitrogen and oxygen atoms in total. The molecule has 0 heterocycles. The number of nitro benzene ring substituents is 1. The SMILES string of the molecule is CCCN(CCBr)C(=O)c1ccc([N+](=O)[O-])c(C)c1. The zero-order valence-electron chi connectivity index (χ0n) is 11.1. The zero-order valence-corrected chi connectivity index (χ0v) is 12.6. The van der Waals surface area contributed by atoms with E-state index in [-0.39, 0.29) is 11.6 Å². The Balaban J connectivity index is 2.98. The maximum Gasteiger partial charge on any atom is 0.272 e. The van der Waals surface area contributed by atoms with Gasteiger partial charge in [0.2, 0.25) is 0 Å². The lowest BCUT2D eigenvalue weighted by atomic mass is 10.1. The number of hydrogen-bond donors (Lipinski definition) is 0. The number of aryl methyl sites for hydroxylation is 1. The van der Waals surface area contributed by atoms with Crippen LogP contribution >= 0.6 is 15.9 Å². The molecule has 0 saturated carbocycles. The van der Waals surface area contributed by atoms with Crippen molar-refractivity contribution in [2.45, 2.75) is 20.3 Å². The average Bonchev–Trinajstić information content (AvgIpc) is 2.37. The maximum atomic E-state index is 12.3. The number of alkyl halides is 1. The van der Waals surface area contributed by atoms with Crippen LogP contribution < -0.4 is 0 Å². The first-order chi connectivity index (χ1) is 9.01. The second-order valence-electron chi connectivity index (χ2n) is 4.24. The molecule has 19 heavy (non-hydrogen) atoms. The van der Waals surface area contributed by atoms with Gasteiger partial charge in [-0.05, 0) is 25.5 Å². The molecule has 6 heteroatoms. The number of carbonyl (C=O) groups excluding carboxylic acids is 1. The van der Waals surface area contributed by atoms with Gasteiger partial charge in [0.1, 0.15) is 0 Å². The molecule has 1 rings (SSSR count). The monoisotopic (exact) mass is 328 g/mol. The van der Waals surface area contributed by atoms with E-state index in [1.807, 2.05) is 6.92 Å². The topological polar surface area (TPSA) is 63.5 Å². The van der Waals surface area contributed by atoms with Gasteiger partial charge in [0, 0.05) is 35.6 Å². The lowest BCUT2D eigenvalue weighted by molar-refractivity contribution is -0.385. The Morgan fingerprint density at radius 2 is 2.11 bits per heavy atom. The minimum absolute atomic E-state index is 0.0408. The van der Waals surface area contributed by atoms with Crippen molar-refractivity contribution >= 4 is 27.5 Å². The maximum absolute atomic E-state index is 12.3. The fraction of sp³-hybridized carbons (Fsp3) is 0.462. The van der Waals surface area contributed by atoms with Crippen molar-refractivity contribution in [3.63, 3.8) is 0 Å². The number of nitrogens with zero attached hydrogens (tertiary/aromatic N) is 2. The molecule has 1 aromatic carbocycles. The number of carbonyl (C=O) groups is 1. The summed E-state index contributed by atoms with van der Waals surface area (Å²) >= 11 is 3.32. The third kappa shape index (κ3) is 4.02. The molecular weight excluding hydrogens is 312 g/mol. The summed E-state index contributed by atoms with van der Waals surface area (Å²) in [6, 6.07) is 4.49. The van der Waals surface area contributed by atoms with Crippen molar-refractivity contribution in [1.29, 1.82) is 0 Å². The number of rotatable bonds is 6. The molecule has 0 saturated heterocycles. The fourth-order valence-electron chi connectivity index (χ4n) is 1.86. The Hall–Kier alpha value is -1.43. The van der Waals surface area contributed by atoms with Crippen molar-refractivity contribution in [3.05, 3.63) is 39.4 Å². The van der Waals surface area contributed by atoms with Crippen LogP contribution in [0.4, 0.5) is 5.69 Å². The van der Waals surface area contributed by atoms with Crippen molar-refractivity contribution in [3.8, 4) is 0 Å². The summed E-state index contributed by atoms with van der Waals surface area (Å²) in [5.74, 6) is -0.0840. The Bertz CT molecular complexity index is 471. The molecule has 0 unspecified atom stereocenters. The zero-order chi connectivity index (χ0) is 14.4. The predicted molar refractivity (Wildman–Crippen MR) is 77.8 cm³/mol. The summed E-state index contributed by atoms with van der Waals surface area (Å²) in [6.45, 7) is 4.96. The first-order valence-electron chi connectivity index (χ1n) is 6.11. The molecule has 1 amide bonds. The van der Waals surface area contributed by atoms with Gasteiger partial charge < -0.3 is 4.90 Å². The summed E-state index contributed by atoms with van der Waals surface area (Å²) in [5.41, 5.74) is 1.04. The first kappa shape index (κ1) is 15.6. The van der Waals surface area contributed by atoms with Crippen LogP contribution in [0.2, 0.25) is 0 Å². The van der Waals surface area contributed by atoms with Gasteiger partial charge in [-0.15, -0.1) is 0 Å². The van der Waals surface area contributed by atoms with Gasteiger partial charge in [-0.1, -0.05) is 22.9 Å². The molecule has 1 aromatic rings. The van der Waals surface area contributed by atoms with E-state index < -0.39 is 4.92 Å². The van der Waals surface area contributed by atoms with Crippen LogP contribution in [-0.2, 0) is 0 Å². The van der Waals surface area contributed by atoms with Crippen LogP contribution in [0.5, 0.6) is 0 Å². The molecule has 0 spiro atoms. The molecule has 0 bridgehead atoms. The second kappa shape index (κ2) is 7.23. The first-order valence-corrected chi connectivity index (χ1v) is 7.23.